The van der Waals surface area contributed by atoms with Crippen molar-refractivity contribution < 1.29 is 36.2 Å². The summed E-state index contributed by atoms with van der Waals surface area (Å²) in [4.78, 5) is 31.2. The van der Waals surface area contributed by atoms with Gasteiger partial charge in [0.1, 0.15) is 5.69 Å². The number of halogens is 6. The average molecular weight is 578 g/mol. The van der Waals surface area contributed by atoms with Crippen molar-refractivity contribution >= 4 is 16.7 Å². The van der Waals surface area contributed by atoms with Gasteiger partial charge in [-0.15, -0.1) is 0 Å². The van der Waals surface area contributed by atoms with Crippen molar-refractivity contribution in [3.8, 4) is 11.1 Å². The van der Waals surface area contributed by atoms with Gasteiger partial charge in [-0.1, -0.05) is 29.8 Å². The summed E-state index contributed by atoms with van der Waals surface area (Å²) in [6.07, 6.45) is -6.64. The summed E-state index contributed by atoms with van der Waals surface area (Å²) in [6, 6.07) is 9.73. The number of aromatic nitrogens is 2. The third kappa shape index (κ3) is 6.59. The van der Waals surface area contributed by atoms with Gasteiger partial charge in [-0.3, -0.25) is 14.6 Å². The molecule has 12 heteroatoms. The minimum absolute atomic E-state index is 0.0109. The number of nitrogens with one attached hydrogen (secondary N) is 1. The van der Waals surface area contributed by atoms with E-state index in [0.29, 0.717) is 41.5 Å². The summed E-state index contributed by atoms with van der Waals surface area (Å²) < 4.78 is 81.3. The zero-order valence-electron chi connectivity index (χ0n) is 21.7. The summed E-state index contributed by atoms with van der Waals surface area (Å²) in [7, 11) is 0. The normalized spacial score (nSPS) is 12.1. The Labute approximate surface area is 230 Å². The molecule has 0 spiro atoms. The molecule has 41 heavy (non-hydrogen) atoms. The molecular weight excluding hydrogens is 552 g/mol. The smallest absolute Gasteiger partial charge is 0.396 e. The Hall–Kier alpha value is -4.19. The van der Waals surface area contributed by atoms with Gasteiger partial charge in [-0.25, -0.2) is 0 Å². The first-order valence-electron chi connectivity index (χ1n) is 12.6. The third-order valence-corrected chi connectivity index (χ3v) is 6.52. The van der Waals surface area contributed by atoms with Gasteiger partial charge in [-0.2, -0.15) is 26.3 Å². The number of hydrogen-bond donors (Lipinski definition) is 2. The summed E-state index contributed by atoms with van der Waals surface area (Å²) in [5, 5.41) is 12.3. The highest BCUT2D eigenvalue weighted by Gasteiger charge is 2.37. The lowest BCUT2D eigenvalue weighted by atomic mass is 9.96. The van der Waals surface area contributed by atoms with Crippen LogP contribution in [0.25, 0.3) is 21.9 Å². The zero-order valence-corrected chi connectivity index (χ0v) is 21.7. The number of unbranched alkanes of at least 4 members (excludes halogenated alkanes) is 1. The molecule has 0 aliphatic heterocycles. The number of fused-ring (bicyclic) bond motifs is 1. The Morgan fingerprint density at radius 1 is 0.927 bits per heavy atom. The largest absolute Gasteiger partial charge is 0.416 e. The van der Waals surface area contributed by atoms with Crippen LogP contribution in [0.5, 0.6) is 0 Å². The quantitative estimate of drug-likeness (QED) is 0.196. The first kappa shape index (κ1) is 29.8. The summed E-state index contributed by atoms with van der Waals surface area (Å²) in [6.45, 7) is 1.05. The van der Waals surface area contributed by atoms with Crippen LogP contribution in [0.15, 0.2) is 65.7 Å². The SMILES string of the molecule is Cc1ccc(-c2c(C(=O)NCc3cc(C(F)(F)F)cc(C(F)(F)F)c3)n(CCCCO)c(=O)c3cnccc23)cc1. The topological polar surface area (TPSA) is 84.2 Å². The van der Waals surface area contributed by atoms with E-state index in [1.165, 1.54) is 17.0 Å². The lowest BCUT2D eigenvalue weighted by molar-refractivity contribution is -0.143. The molecule has 0 fully saturated rings. The van der Waals surface area contributed by atoms with Crippen molar-refractivity contribution in [1.29, 1.82) is 0 Å². The number of carbonyl (C=O) groups is 1. The van der Waals surface area contributed by atoms with E-state index in [0.717, 1.165) is 5.56 Å². The molecule has 0 saturated carbocycles. The van der Waals surface area contributed by atoms with Crippen LogP contribution in [0.1, 0.15) is 45.6 Å². The van der Waals surface area contributed by atoms with Crippen LogP contribution in [-0.4, -0.2) is 27.2 Å². The number of nitrogens with zero attached hydrogens (tertiary/aromatic N) is 2. The van der Waals surface area contributed by atoms with E-state index in [1.54, 1.807) is 30.3 Å². The second-order valence-corrected chi connectivity index (χ2v) is 9.50. The number of carbonyl (C=O) groups excluding carboxylic acids is 1. The second-order valence-electron chi connectivity index (χ2n) is 9.50. The van der Waals surface area contributed by atoms with E-state index in [1.807, 2.05) is 6.92 Å². The van der Waals surface area contributed by atoms with Crippen LogP contribution >= 0.6 is 0 Å². The molecule has 0 radical (unpaired) electrons. The highest BCUT2D eigenvalue weighted by Crippen LogP contribution is 2.36. The van der Waals surface area contributed by atoms with Gasteiger partial charge in [0.05, 0.1) is 16.5 Å². The average Bonchev–Trinajstić information content (AvgIpc) is 2.92. The van der Waals surface area contributed by atoms with Crippen LogP contribution in [0.4, 0.5) is 26.3 Å². The number of aryl methyl sites for hydroxylation is 1. The fraction of sp³-hybridized carbons (Fsp3) is 0.276. The van der Waals surface area contributed by atoms with Gasteiger partial charge in [0.25, 0.3) is 11.5 Å². The first-order valence-corrected chi connectivity index (χ1v) is 12.6. The molecular formula is C29H25F6N3O3. The molecule has 0 unspecified atom stereocenters. The Bertz CT molecular complexity index is 1590. The predicted octanol–water partition coefficient (Wildman–Crippen LogP) is 6.11. The lowest BCUT2D eigenvalue weighted by Gasteiger charge is -2.20. The Morgan fingerprint density at radius 2 is 1.56 bits per heavy atom. The Balaban J connectivity index is 1.86. The molecule has 2 N–H and O–H groups in total. The summed E-state index contributed by atoms with van der Waals surface area (Å²) in [5.41, 5.74) is -2.26. The number of hydrogen-bond acceptors (Lipinski definition) is 4. The third-order valence-electron chi connectivity index (χ3n) is 6.52. The molecule has 4 rings (SSSR count). The molecule has 216 valence electrons. The maximum atomic E-state index is 13.7. The van der Waals surface area contributed by atoms with E-state index in [2.05, 4.69) is 10.3 Å². The van der Waals surface area contributed by atoms with Crippen molar-refractivity contribution in [3.05, 3.63) is 99.2 Å². The van der Waals surface area contributed by atoms with E-state index in [-0.39, 0.29) is 30.3 Å². The van der Waals surface area contributed by atoms with Crippen molar-refractivity contribution in [2.75, 3.05) is 6.61 Å². The van der Waals surface area contributed by atoms with Crippen molar-refractivity contribution in [2.24, 2.45) is 0 Å². The number of aliphatic hydroxyl groups is 1. The first-order chi connectivity index (χ1) is 19.3. The molecule has 0 saturated heterocycles. The number of benzene rings is 2. The van der Waals surface area contributed by atoms with E-state index < -0.39 is 47.1 Å². The van der Waals surface area contributed by atoms with E-state index in [9.17, 15) is 41.0 Å². The van der Waals surface area contributed by atoms with Crippen molar-refractivity contribution in [1.82, 2.24) is 14.9 Å². The van der Waals surface area contributed by atoms with Gasteiger partial charge in [0.2, 0.25) is 0 Å². The molecule has 2 heterocycles. The van der Waals surface area contributed by atoms with Gasteiger partial charge in [0, 0.05) is 43.0 Å². The maximum Gasteiger partial charge on any atom is 0.416 e. The lowest BCUT2D eigenvalue weighted by Crippen LogP contribution is -2.33. The monoisotopic (exact) mass is 577 g/mol. The standard InChI is InChI=1S/C29H25F6N3O3/c1-17-4-6-19(7-5-17)24-22-8-9-36-16-23(22)27(41)38(10-2-3-11-39)25(24)26(40)37-15-18-12-20(28(30,31)32)14-21(13-18)29(33,34)35/h4-9,12-14,16,39H,2-3,10-11,15H2,1H3,(H,37,40). The fourth-order valence-electron chi connectivity index (χ4n) is 4.52. The maximum absolute atomic E-state index is 13.7. The highest BCUT2D eigenvalue weighted by atomic mass is 19.4. The minimum atomic E-state index is -5.04. The van der Waals surface area contributed by atoms with E-state index in [4.69, 9.17) is 0 Å². The van der Waals surface area contributed by atoms with Crippen molar-refractivity contribution in [2.45, 2.75) is 45.2 Å². The van der Waals surface area contributed by atoms with Gasteiger partial charge in [-0.05, 0) is 55.2 Å². The van der Waals surface area contributed by atoms with Crippen LogP contribution in [-0.2, 0) is 25.4 Å². The number of alkyl halides is 6. The van der Waals surface area contributed by atoms with Crippen LogP contribution in [0.2, 0.25) is 0 Å². The van der Waals surface area contributed by atoms with Gasteiger partial charge in [0.15, 0.2) is 0 Å². The molecule has 0 aliphatic rings. The minimum Gasteiger partial charge on any atom is -0.396 e. The molecule has 2 aromatic heterocycles. The molecule has 2 aromatic carbocycles. The van der Waals surface area contributed by atoms with Crippen molar-refractivity contribution in [3.63, 3.8) is 0 Å². The Kier molecular flexibility index (Phi) is 8.52. The van der Waals surface area contributed by atoms with Crippen LogP contribution < -0.4 is 10.9 Å². The van der Waals surface area contributed by atoms with Gasteiger partial charge < -0.3 is 15.0 Å². The Morgan fingerprint density at radius 3 is 2.15 bits per heavy atom. The molecule has 6 nitrogen and oxygen atoms in total. The molecule has 0 atom stereocenters. The molecule has 1 amide bonds. The highest BCUT2D eigenvalue weighted by molar-refractivity contribution is 6.08. The summed E-state index contributed by atoms with van der Waals surface area (Å²) >= 11 is 0. The van der Waals surface area contributed by atoms with Crippen LogP contribution in [0, 0.1) is 6.92 Å². The number of rotatable bonds is 8. The van der Waals surface area contributed by atoms with E-state index >= 15 is 0 Å². The summed E-state index contributed by atoms with van der Waals surface area (Å²) in [5.74, 6) is -0.869. The zero-order chi connectivity index (χ0) is 29.9. The molecule has 0 aliphatic carbocycles. The second kappa shape index (κ2) is 11.7. The fourth-order valence-corrected chi connectivity index (χ4v) is 4.52. The molecule has 0 bridgehead atoms. The number of pyridine rings is 2. The molecule has 4 aromatic rings. The number of amides is 1. The predicted molar refractivity (Wildman–Crippen MR) is 140 cm³/mol. The van der Waals surface area contributed by atoms with Gasteiger partial charge >= 0.3 is 12.4 Å². The van der Waals surface area contributed by atoms with Crippen LogP contribution in [0.3, 0.4) is 0 Å². The number of aliphatic hydroxyl groups excluding tert-OH is 1.